The highest BCUT2D eigenvalue weighted by Gasteiger charge is 2.19. The summed E-state index contributed by atoms with van der Waals surface area (Å²) in [6, 6.07) is 0. The van der Waals surface area contributed by atoms with Crippen LogP contribution in [0.1, 0.15) is 286 Å². The molecule has 0 spiro atoms. The standard InChI is InChI=1S/C53H102O6/c1-7-48(5)40-34-28-22-16-13-14-17-24-30-36-42-51(54)57-45-50(46-58-52(55)43-37-31-25-20-19-23-29-35-41-49(6)8-2)59-53(56)44-38-32-26-18-12-10-9-11-15-21-27-33-39-47(3)4/h47-50H,7-46H2,1-6H3/t48?,49?,50-/m1/s1. The van der Waals surface area contributed by atoms with Gasteiger partial charge in [0, 0.05) is 19.3 Å². The van der Waals surface area contributed by atoms with Gasteiger partial charge in [0.1, 0.15) is 13.2 Å². The molecule has 0 amide bonds. The molecule has 6 heteroatoms. The Morgan fingerprint density at radius 2 is 0.593 bits per heavy atom. The Labute approximate surface area is 368 Å². The molecule has 0 aliphatic heterocycles. The topological polar surface area (TPSA) is 78.9 Å². The van der Waals surface area contributed by atoms with Crippen molar-refractivity contribution >= 4 is 17.9 Å². The molecular weight excluding hydrogens is 733 g/mol. The first-order valence-corrected chi connectivity index (χ1v) is 26.2. The van der Waals surface area contributed by atoms with Crippen LogP contribution in [-0.2, 0) is 28.6 Å². The van der Waals surface area contributed by atoms with E-state index in [1.165, 1.54) is 167 Å². The van der Waals surface area contributed by atoms with Gasteiger partial charge < -0.3 is 14.2 Å². The van der Waals surface area contributed by atoms with E-state index in [2.05, 4.69) is 41.5 Å². The summed E-state index contributed by atoms with van der Waals surface area (Å²) < 4.78 is 16.8. The second-order valence-corrected chi connectivity index (χ2v) is 19.1. The van der Waals surface area contributed by atoms with Crippen LogP contribution in [0.3, 0.4) is 0 Å². The third-order valence-electron chi connectivity index (χ3n) is 12.6. The molecule has 3 atom stereocenters. The molecule has 0 aromatic rings. The number of ether oxygens (including phenoxy) is 3. The van der Waals surface area contributed by atoms with Crippen molar-refractivity contribution in [3.8, 4) is 0 Å². The van der Waals surface area contributed by atoms with Gasteiger partial charge >= 0.3 is 17.9 Å². The number of rotatable bonds is 46. The quantitative estimate of drug-likeness (QED) is 0.0345. The molecular formula is C53H102O6. The van der Waals surface area contributed by atoms with Crippen LogP contribution < -0.4 is 0 Å². The van der Waals surface area contributed by atoms with Crippen molar-refractivity contribution in [2.75, 3.05) is 13.2 Å². The van der Waals surface area contributed by atoms with Gasteiger partial charge in [-0.15, -0.1) is 0 Å². The highest BCUT2D eigenvalue weighted by Crippen LogP contribution is 2.18. The lowest BCUT2D eigenvalue weighted by molar-refractivity contribution is -0.167. The van der Waals surface area contributed by atoms with Crippen molar-refractivity contribution in [1.82, 2.24) is 0 Å². The van der Waals surface area contributed by atoms with E-state index >= 15 is 0 Å². The average molecular weight is 835 g/mol. The van der Waals surface area contributed by atoms with Crippen molar-refractivity contribution in [1.29, 1.82) is 0 Å². The minimum absolute atomic E-state index is 0.0650. The summed E-state index contributed by atoms with van der Waals surface area (Å²) in [4.78, 5) is 38.0. The number of unbranched alkanes of at least 4 members (excludes halogenated alkanes) is 27. The fraction of sp³-hybridized carbons (Fsp3) is 0.943. The predicted octanol–water partition coefficient (Wildman–Crippen LogP) is 16.8. The number of esters is 3. The van der Waals surface area contributed by atoms with E-state index in [0.29, 0.717) is 19.3 Å². The zero-order valence-electron chi connectivity index (χ0n) is 40.5. The molecule has 0 heterocycles. The monoisotopic (exact) mass is 835 g/mol. The predicted molar refractivity (Wildman–Crippen MR) is 252 cm³/mol. The Kier molecular flexibility index (Phi) is 43.3. The van der Waals surface area contributed by atoms with Crippen LogP contribution in [0.5, 0.6) is 0 Å². The van der Waals surface area contributed by atoms with E-state index in [0.717, 1.165) is 75.5 Å². The molecule has 0 fully saturated rings. The van der Waals surface area contributed by atoms with Gasteiger partial charge in [-0.05, 0) is 37.0 Å². The fourth-order valence-corrected chi connectivity index (χ4v) is 7.87. The first kappa shape index (κ1) is 57.4. The lowest BCUT2D eigenvalue weighted by atomic mass is 9.99. The minimum atomic E-state index is -0.763. The molecule has 0 bridgehead atoms. The second-order valence-electron chi connectivity index (χ2n) is 19.1. The SMILES string of the molecule is CCC(C)CCCCCCCCCCCCC(=O)OC[C@H](COC(=O)CCCCCCCCCCC(C)CC)OC(=O)CCCCCCCCCCCCCCC(C)C. The molecule has 0 saturated carbocycles. The Bertz CT molecular complexity index is 918. The molecule has 59 heavy (non-hydrogen) atoms. The zero-order chi connectivity index (χ0) is 43.4. The van der Waals surface area contributed by atoms with Crippen LogP contribution >= 0.6 is 0 Å². The molecule has 0 radical (unpaired) electrons. The number of hydrogen-bond acceptors (Lipinski definition) is 6. The molecule has 0 aromatic heterocycles. The van der Waals surface area contributed by atoms with E-state index in [1.807, 2.05) is 0 Å². The molecule has 350 valence electrons. The van der Waals surface area contributed by atoms with Gasteiger partial charge in [-0.3, -0.25) is 14.4 Å². The first-order valence-electron chi connectivity index (χ1n) is 26.2. The summed E-state index contributed by atoms with van der Waals surface area (Å²) >= 11 is 0. The molecule has 0 saturated heterocycles. The first-order chi connectivity index (χ1) is 28.7. The summed E-state index contributed by atoms with van der Waals surface area (Å²) in [5, 5.41) is 0. The molecule has 2 unspecified atom stereocenters. The van der Waals surface area contributed by atoms with Crippen molar-refractivity contribution in [3.05, 3.63) is 0 Å². The Morgan fingerprint density at radius 1 is 0.339 bits per heavy atom. The Hall–Kier alpha value is -1.59. The molecule has 0 N–H and O–H groups in total. The second kappa shape index (κ2) is 44.5. The van der Waals surface area contributed by atoms with Gasteiger partial charge in [0.15, 0.2) is 6.10 Å². The van der Waals surface area contributed by atoms with Crippen molar-refractivity contribution < 1.29 is 28.6 Å². The lowest BCUT2D eigenvalue weighted by Gasteiger charge is -2.18. The van der Waals surface area contributed by atoms with Gasteiger partial charge in [0.2, 0.25) is 0 Å². The number of carbonyl (C=O) groups is 3. The maximum atomic E-state index is 12.8. The molecule has 0 rings (SSSR count). The van der Waals surface area contributed by atoms with Gasteiger partial charge in [-0.2, -0.15) is 0 Å². The summed E-state index contributed by atoms with van der Waals surface area (Å²) in [5.41, 5.74) is 0. The highest BCUT2D eigenvalue weighted by atomic mass is 16.6. The van der Waals surface area contributed by atoms with E-state index in [4.69, 9.17) is 14.2 Å². The van der Waals surface area contributed by atoms with Gasteiger partial charge in [0.25, 0.3) is 0 Å². The molecule has 0 aliphatic carbocycles. The van der Waals surface area contributed by atoms with Crippen LogP contribution in [0.25, 0.3) is 0 Å². The summed E-state index contributed by atoms with van der Waals surface area (Å²) in [6.07, 6.45) is 43.6. The third-order valence-corrected chi connectivity index (χ3v) is 12.6. The molecule has 0 aliphatic rings. The average Bonchev–Trinajstić information content (AvgIpc) is 3.22. The van der Waals surface area contributed by atoms with Crippen molar-refractivity contribution in [2.45, 2.75) is 292 Å². The van der Waals surface area contributed by atoms with Gasteiger partial charge in [0.05, 0.1) is 0 Å². The maximum absolute atomic E-state index is 12.8. The summed E-state index contributed by atoms with van der Waals surface area (Å²) in [6.45, 7) is 13.8. The normalized spacial score (nSPS) is 13.1. The van der Waals surface area contributed by atoms with Gasteiger partial charge in [-0.25, -0.2) is 0 Å². The van der Waals surface area contributed by atoms with Crippen LogP contribution in [0, 0.1) is 17.8 Å². The minimum Gasteiger partial charge on any atom is -0.462 e. The summed E-state index contributed by atoms with van der Waals surface area (Å²) in [5.74, 6) is 1.70. The van der Waals surface area contributed by atoms with Crippen LogP contribution in [0.4, 0.5) is 0 Å². The van der Waals surface area contributed by atoms with Crippen LogP contribution in [-0.4, -0.2) is 37.2 Å². The fourth-order valence-electron chi connectivity index (χ4n) is 7.87. The number of carbonyl (C=O) groups excluding carboxylic acids is 3. The van der Waals surface area contributed by atoms with Crippen LogP contribution in [0.15, 0.2) is 0 Å². The van der Waals surface area contributed by atoms with E-state index in [9.17, 15) is 14.4 Å². The largest absolute Gasteiger partial charge is 0.462 e. The molecule has 0 aromatic carbocycles. The van der Waals surface area contributed by atoms with E-state index in [-0.39, 0.29) is 31.1 Å². The third kappa shape index (κ3) is 44.3. The summed E-state index contributed by atoms with van der Waals surface area (Å²) in [7, 11) is 0. The van der Waals surface area contributed by atoms with E-state index < -0.39 is 6.10 Å². The lowest BCUT2D eigenvalue weighted by Crippen LogP contribution is -2.30. The zero-order valence-corrected chi connectivity index (χ0v) is 40.5. The Morgan fingerprint density at radius 3 is 0.881 bits per heavy atom. The molecule has 6 nitrogen and oxygen atoms in total. The van der Waals surface area contributed by atoms with Crippen LogP contribution in [0.2, 0.25) is 0 Å². The van der Waals surface area contributed by atoms with Gasteiger partial charge in [-0.1, -0.05) is 247 Å². The van der Waals surface area contributed by atoms with Crippen molar-refractivity contribution in [2.24, 2.45) is 17.8 Å². The smallest absolute Gasteiger partial charge is 0.306 e. The highest BCUT2D eigenvalue weighted by molar-refractivity contribution is 5.71. The Balaban J connectivity index is 4.34. The van der Waals surface area contributed by atoms with E-state index in [1.54, 1.807) is 0 Å². The maximum Gasteiger partial charge on any atom is 0.306 e. The number of hydrogen-bond donors (Lipinski definition) is 0. The van der Waals surface area contributed by atoms with Crippen molar-refractivity contribution in [3.63, 3.8) is 0 Å².